The zero-order valence-corrected chi connectivity index (χ0v) is 11.0. The number of fused-ring (bicyclic) bond motifs is 1. The summed E-state index contributed by atoms with van der Waals surface area (Å²) in [5.41, 5.74) is 0. The minimum absolute atomic E-state index is 0.188. The van der Waals surface area contributed by atoms with Gasteiger partial charge in [-0.05, 0) is 22.9 Å². The normalized spacial score (nSPS) is 12.7. The van der Waals surface area contributed by atoms with Crippen LogP contribution in [0.5, 0.6) is 0 Å². The van der Waals surface area contributed by atoms with E-state index in [-0.39, 0.29) is 4.90 Å². The van der Waals surface area contributed by atoms with Crippen LogP contribution in [0.25, 0.3) is 10.8 Å². The van der Waals surface area contributed by atoms with E-state index >= 15 is 0 Å². The van der Waals surface area contributed by atoms with Crippen molar-refractivity contribution in [3.63, 3.8) is 0 Å². The molecule has 0 spiro atoms. The minimum Gasteiger partial charge on any atom is -0.199 e. The molecule has 0 radical (unpaired) electrons. The van der Waals surface area contributed by atoms with E-state index < -0.39 is 20.2 Å². The Kier molecular flexibility index (Phi) is 3.14. The van der Waals surface area contributed by atoms with Crippen molar-refractivity contribution in [1.29, 1.82) is 0 Å². The Morgan fingerprint density at radius 1 is 0.889 bits per heavy atom. The Morgan fingerprint density at radius 2 is 1.50 bits per heavy atom. The van der Waals surface area contributed by atoms with Crippen LogP contribution in [0.2, 0.25) is 0 Å². The van der Waals surface area contributed by atoms with E-state index in [2.05, 4.69) is 3.63 Å². The molecule has 96 valence electrons. The van der Waals surface area contributed by atoms with Gasteiger partial charge in [-0.3, -0.25) is 0 Å². The first-order valence-corrected chi connectivity index (χ1v) is 8.15. The highest BCUT2D eigenvalue weighted by Crippen LogP contribution is 2.21. The summed E-state index contributed by atoms with van der Waals surface area (Å²) in [5.74, 6) is 0. The molecule has 0 bridgehead atoms. The monoisotopic (exact) mass is 286 g/mol. The van der Waals surface area contributed by atoms with Gasteiger partial charge in [0.2, 0.25) is 0 Å². The number of rotatable bonds is 3. The molecule has 0 heterocycles. The summed E-state index contributed by atoms with van der Waals surface area (Å²) < 4.78 is 49.2. The van der Waals surface area contributed by atoms with E-state index in [0.717, 1.165) is 5.39 Å². The largest absolute Gasteiger partial charge is 0.311 e. The van der Waals surface area contributed by atoms with Crippen LogP contribution < -0.4 is 0 Å². The van der Waals surface area contributed by atoms with Crippen LogP contribution >= 0.6 is 0 Å². The van der Waals surface area contributed by atoms with E-state index in [9.17, 15) is 16.8 Å². The Balaban J connectivity index is 2.55. The Hall–Kier alpha value is -1.44. The van der Waals surface area contributed by atoms with E-state index in [4.69, 9.17) is 0 Å². The summed E-state index contributed by atoms with van der Waals surface area (Å²) in [7, 11) is -8.37. The second kappa shape index (κ2) is 4.34. The van der Waals surface area contributed by atoms with Crippen LogP contribution in [0.1, 0.15) is 0 Å². The maximum Gasteiger partial charge on any atom is 0.311 e. The molecular formula is C11H10O5S2. The molecule has 2 rings (SSSR count). The molecule has 0 aliphatic carbocycles. The second-order valence-electron chi connectivity index (χ2n) is 3.74. The summed E-state index contributed by atoms with van der Waals surface area (Å²) in [6, 6.07) is 11.4. The zero-order valence-electron chi connectivity index (χ0n) is 9.40. The second-order valence-corrected chi connectivity index (χ2v) is 7.07. The minimum atomic E-state index is -4.30. The van der Waals surface area contributed by atoms with E-state index in [1.807, 2.05) is 12.1 Å². The zero-order chi connectivity index (χ0) is 13.4. The molecule has 0 aliphatic heterocycles. The van der Waals surface area contributed by atoms with Crippen molar-refractivity contribution < 1.29 is 20.5 Å². The van der Waals surface area contributed by atoms with Crippen molar-refractivity contribution in [1.82, 2.24) is 0 Å². The number of hydrogen-bond acceptors (Lipinski definition) is 5. The summed E-state index contributed by atoms with van der Waals surface area (Å²) in [5, 5.41) is 1.55. The Bertz CT molecular complexity index is 791. The van der Waals surface area contributed by atoms with Crippen molar-refractivity contribution in [3.05, 3.63) is 42.5 Å². The fourth-order valence-electron chi connectivity index (χ4n) is 1.52. The summed E-state index contributed by atoms with van der Waals surface area (Å²) >= 11 is 0. The molecule has 0 saturated carbocycles. The lowest BCUT2D eigenvalue weighted by molar-refractivity contribution is 0.466. The first-order valence-electron chi connectivity index (χ1n) is 4.93. The molecule has 0 atom stereocenters. The highest BCUT2D eigenvalue weighted by Gasteiger charge is 2.21. The predicted molar refractivity (Wildman–Crippen MR) is 67.1 cm³/mol. The maximum absolute atomic E-state index is 11.7. The first-order chi connectivity index (χ1) is 8.28. The standard InChI is InChI=1S/C11H10O5S2/c1-17(12,13)16-18(14,15)11-7-6-9-4-2-3-5-10(9)8-11/h2-8H,1H3. The van der Waals surface area contributed by atoms with Crippen molar-refractivity contribution >= 4 is 31.0 Å². The lowest BCUT2D eigenvalue weighted by Crippen LogP contribution is -2.12. The molecule has 0 aromatic heterocycles. The van der Waals surface area contributed by atoms with Gasteiger partial charge >= 0.3 is 10.1 Å². The average molecular weight is 286 g/mol. The Morgan fingerprint density at radius 3 is 2.11 bits per heavy atom. The fourth-order valence-corrected chi connectivity index (χ4v) is 3.65. The van der Waals surface area contributed by atoms with Crippen LogP contribution in [0.4, 0.5) is 0 Å². The summed E-state index contributed by atoms with van der Waals surface area (Å²) in [4.78, 5) is -0.188. The quantitative estimate of drug-likeness (QED) is 0.854. The lowest BCUT2D eigenvalue weighted by atomic mass is 10.1. The van der Waals surface area contributed by atoms with Gasteiger partial charge in [0.1, 0.15) is 0 Å². The highest BCUT2D eigenvalue weighted by molar-refractivity contribution is 7.99. The molecule has 7 heteroatoms. The summed E-state index contributed by atoms with van der Waals surface area (Å²) in [6.45, 7) is 0. The molecule has 18 heavy (non-hydrogen) atoms. The van der Waals surface area contributed by atoms with Gasteiger partial charge in [-0.15, -0.1) is 3.63 Å². The van der Waals surface area contributed by atoms with Gasteiger partial charge in [0.15, 0.2) is 0 Å². The highest BCUT2D eigenvalue weighted by atomic mass is 32.3. The van der Waals surface area contributed by atoms with E-state index in [1.165, 1.54) is 12.1 Å². The van der Waals surface area contributed by atoms with Crippen LogP contribution in [0.3, 0.4) is 0 Å². The number of benzene rings is 2. The molecule has 0 amide bonds. The van der Waals surface area contributed by atoms with E-state index in [0.29, 0.717) is 11.6 Å². The average Bonchev–Trinajstić information content (AvgIpc) is 2.25. The molecule has 0 fully saturated rings. The van der Waals surface area contributed by atoms with Crippen molar-refractivity contribution in [3.8, 4) is 0 Å². The molecule has 0 N–H and O–H groups in total. The van der Waals surface area contributed by atoms with Gasteiger partial charge < -0.3 is 0 Å². The third-order valence-corrected chi connectivity index (χ3v) is 4.76. The van der Waals surface area contributed by atoms with Gasteiger partial charge in [-0.25, -0.2) is 0 Å². The molecule has 0 saturated heterocycles. The molecule has 0 unspecified atom stereocenters. The SMILES string of the molecule is CS(=O)(=O)OS(=O)(=O)c1ccc2ccccc2c1. The maximum atomic E-state index is 11.7. The first kappa shape index (κ1) is 13.0. The van der Waals surface area contributed by atoms with Gasteiger partial charge in [0.05, 0.1) is 11.2 Å². The van der Waals surface area contributed by atoms with E-state index in [1.54, 1.807) is 18.2 Å². The van der Waals surface area contributed by atoms with Gasteiger partial charge in [-0.1, -0.05) is 30.3 Å². The van der Waals surface area contributed by atoms with Crippen LogP contribution in [0, 0.1) is 0 Å². The molecule has 2 aromatic carbocycles. The Labute approximate surface area is 105 Å². The van der Waals surface area contributed by atoms with Crippen LogP contribution in [-0.4, -0.2) is 23.1 Å². The molecule has 5 nitrogen and oxygen atoms in total. The fraction of sp³-hybridized carbons (Fsp3) is 0.0909. The molecule has 0 aliphatic rings. The lowest BCUT2D eigenvalue weighted by Gasteiger charge is -2.04. The van der Waals surface area contributed by atoms with Crippen molar-refractivity contribution in [2.24, 2.45) is 0 Å². The third-order valence-electron chi connectivity index (χ3n) is 2.22. The van der Waals surface area contributed by atoms with Crippen LogP contribution in [-0.2, 0) is 23.9 Å². The topological polar surface area (TPSA) is 77.5 Å². The van der Waals surface area contributed by atoms with Gasteiger partial charge in [0.25, 0.3) is 10.1 Å². The molecular weight excluding hydrogens is 276 g/mol. The number of hydrogen-bond donors (Lipinski definition) is 0. The van der Waals surface area contributed by atoms with Crippen molar-refractivity contribution in [2.75, 3.05) is 6.26 Å². The molecule has 2 aromatic rings. The van der Waals surface area contributed by atoms with Gasteiger partial charge in [0, 0.05) is 0 Å². The third kappa shape index (κ3) is 2.87. The summed E-state index contributed by atoms with van der Waals surface area (Å²) in [6.07, 6.45) is 0.686. The van der Waals surface area contributed by atoms with Crippen LogP contribution in [0.15, 0.2) is 47.4 Å². The van der Waals surface area contributed by atoms with Gasteiger partial charge in [-0.2, -0.15) is 16.8 Å². The predicted octanol–water partition coefficient (Wildman–Crippen LogP) is 1.50. The smallest absolute Gasteiger partial charge is 0.199 e. The van der Waals surface area contributed by atoms with Crippen molar-refractivity contribution in [2.45, 2.75) is 4.90 Å².